The lowest BCUT2D eigenvalue weighted by atomic mass is 10.0. The molecule has 2 aromatic heterocycles. The number of aromatic amines is 1. The van der Waals surface area contributed by atoms with Crippen molar-refractivity contribution in [2.45, 2.75) is 24.3 Å². The molecule has 0 aliphatic carbocycles. The number of aryl methyl sites for hydroxylation is 1. The number of anilines is 1. The molecule has 0 bridgehead atoms. The number of carbonyl (C=O) groups excluding carboxylic acids is 1. The maximum atomic E-state index is 13.3. The monoisotopic (exact) mass is 440 g/mol. The lowest BCUT2D eigenvalue weighted by molar-refractivity contribution is -0.115. The number of imidazole rings is 1. The van der Waals surface area contributed by atoms with Crippen molar-refractivity contribution in [2.75, 3.05) is 5.32 Å². The molecule has 8 heteroatoms. The van der Waals surface area contributed by atoms with Crippen LogP contribution < -0.4 is 5.32 Å². The molecule has 0 radical (unpaired) electrons. The first-order valence-electron chi connectivity index (χ1n) is 9.25. The van der Waals surface area contributed by atoms with Crippen molar-refractivity contribution < 1.29 is 9.18 Å². The number of carbonyl (C=O) groups is 1. The standard InChI is InChI=1S/C22H18ClFN4OS/c1-12-10-17(23)20(25-11-12)28-21(29)13(2)30-22-26-18-5-3-4-16(19(18)27-22)14-6-8-15(24)9-7-14/h3-11,13H,1-2H3,(H,26,27)(H,25,28,29). The van der Waals surface area contributed by atoms with Crippen molar-refractivity contribution >= 4 is 46.1 Å². The van der Waals surface area contributed by atoms with Crippen LogP contribution in [-0.4, -0.2) is 26.1 Å². The molecule has 2 N–H and O–H groups in total. The van der Waals surface area contributed by atoms with Crippen molar-refractivity contribution in [3.05, 3.63) is 71.1 Å². The smallest absolute Gasteiger partial charge is 0.238 e. The van der Waals surface area contributed by atoms with E-state index >= 15 is 0 Å². The van der Waals surface area contributed by atoms with Crippen LogP contribution in [0.2, 0.25) is 5.02 Å². The van der Waals surface area contributed by atoms with Gasteiger partial charge >= 0.3 is 0 Å². The highest BCUT2D eigenvalue weighted by molar-refractivity contribution is 8.00. The Morgan fingerprint density at radius 3 is 2.73 bits per heavy atom. The molecule has 0 fully saturated rings. The van der Waals surface area contributed by atoms with E-state index in [1.165, 1.54) is 23.9 Å². The molecule has 30 heavy (non-hydrogen) atoms. The topological polar surface area (TPSA) is 70.7 Å². The SMILES string of the molecule is Cc1cnc(NC(=O)C(C)Sc2nc3cccc(-c4ccc(F)cc4)c3[nH]2)c(Cl)c1. The van der Waals surface area contributed by atoms with E-state index in [0.29, 0.717) is 16.0 Å². The zero-order valence-corrected chi connectivity index (χ0v) is 17.8. The number of pyridine rings is 1. The summed E-state index contributed by atoms with van der Waals surface area (Å²) in [5, 5.41) is 3.33. The van der Waals surface area contributed by atoms with Crippen molar-refractivity contribution in [3.63, 3.8) is 0 Å². The lowest BCUT2D eigenvalue weighted by Crippen LogP contribution is -2.23. The van der Waals surface area contributed by atoms with Crippen LogP contribution in [0.4, 0.5) is 10.2 Å². The van der Waals surface area contributed by atoms with Crippen LogP contribution in [-0.2, 0) is 4.79 Å². The van der Waals surface area contributed by atoms with Crippen molar-refractivity contribution in [1.29, 1.82) is 0 Å². The number of amides is 1. The molecule has 2 aromatic carbocycles. The largest absolute Gasteiger partial charge is 0.332 e. The normalized spacial score (nSPS) is 12.1. The van der Waals surface area contributed by atoms with Crippen LogP contribution >= 0.6 is 23.4 Å². The highest BCUT2D eigenvalue weighted by Crippen LogP contribution is 2.31. The summed E-state index contributed by atoms with van der Waals surface area (Å²) in [5.41, 5.74) is 4.32. The van der Waals surface area contributed by atoms with E-state index in [1.807, 2.05) is 25.1 Å². The third kappa shape index (κ3) is 4.32. The van der Waals surface area contributed by atoms with Gasteiger partial charge in [-0.25, -0.2) is 14.4 Å². The van der Waals surface area contributed by atoms with Gasteiger partial charge in [0.15, 0.2) is 11.0 Å². The number of hydrogen-bond donors (Lipinski definition) is 2. The molecular formula is C22H18ClFN4OS. The number of halogens is 2. The predicted octanol–water partition coefficient (Wildman–Crippen LogP) is 5.85. The summed E-state index contributed by atoms with van der Waals surface area (Å²) in [6.07, 6.45) is 1.65. The first-order chi connectivity index (χ1) is 14.4. The van der Waals surface area contributed by atoms with Gasteiger partial charge in [-0.3, -0.25) is 4.79 Å². The summed E-state index contributed by atoms with van der Waals surface area (Å²) in [7, 11) is 0. The van der Waals surface area contributed by atoms with E-state index in [9.17, 15) is 9.18 Å². The fraction of sp³-hybridized carbons (Fsp3) is 0.136. The van der Waals surface area contributed by atoms with E-state index in [2.05, 4.69) is 20.3 Å². The summed E-state index contributed by atoms with van der Waals surface area (Å²) in [6.45, 7) is 3.67. The molecule has 152 valence electrons. The van der Waals surface area contributed by atoms with Crippen molar-refractivity contribution in [2.24, 2.45) is 0 Å². The number of benzene rings is 2. The van der Waals surface area contributed by atoms with Crippen LogP contribution in [0.3, 0.4) is 0 Å². The maximum absolute atomic E-state index is 13.3. The number of hydrogen-bond acceptors (Lipinski definition) is 4. The quantitative estimate of drug-likeness (QED) is 0.382. The summed E-state index contributed by atoms with van der Waals surface area (Å²) in [6, 6.07) is 13.8. The summed E-state index contributed by atoms with van der Waals surface area (Å²) < 4.78 is 13.3. The number of fused-ring (bicyclic) bond motifs is 1. The average Bonchev–Trinajstić information content (AvgIpc) is 3.13. The molecule has 4 rings (SSSR count). The van der Waals surface area contributed by atoms with Gasteiger partial charge in [0, 0.05) is 11.8 Å². The Bertz CT molecular complexity index is 1230. The van der Waals surface area contributed by atoms with E-state index < -0.39 is 5.25 Å². The van der Waals surface area contributed by atoms with Crippen LogP contribution in [0, 0.1) is 12.7 Å². The maximum Gasteiger partial charge on any atom is 0.238 e. The number of aromatic nitrogens is 3. The Kier molecular flexibility index (Phi) is 5.74. The molecule has 4 aromatic rings. The summed E-state index contributed by atoms with van der Waals surface area (Å²) in [4.78, 5) is 24.6. The minimum absolute atomic E-state index is 0.225. The van der Waals surface area contributed by atoms with Crippen molar-refractivity contribution in [3.8, 4) is 11.1 Å². The molecule has 5 nitrogen and oxygen atoms in total. The third-order valence-electron chi connectivity index (χ3n) is 4.53. The Balaban J connectivity index is 1.54. The minimum atomic E-state index is -0.431. The number of nitrogens with one attached hydrogen (secondary N) is 2. The second-order valence-electron chi connectivity index (χ2n) is 6.84. The molecule has 1 unspecified atom stereocenters. The van der Waals surface area contributed by atoms with Gasteiger partial charge in [-0.2, -0.15) is 0 Å². The van der Waals surface area contributed by atoms with Gasteiger partial charge in [-0.05, 0) is 49.2 Å². The lowest BCUT2D eigenvalue weighted by Gasteiger charge is -2.11. The molecule has 1 atom stereocenters. The molecular weight excluding hydrogens is 423 g/mol. The second kappa shape index (κ2) is 8.45. The zero-order chi connectivity index (χ0) is 21.3. The van der Waals surface area contributed by atoms with E-state index in [4.69, 9.17) is 11.6 Å². The molecule has 0 spiro atoms. The number of nitrogens with zero attached hydrogens (tertiary/aromatic N) is 2. The van der Waals surface area contributed by atoms with E-state index in [-0.39, 0.29) is 11.7 Å². The first kappa shape index (κ1) is 20.4. The van der Waals surface area contributed by atoms with Crippen LogP contribution in [0.15, 0.2) is 59.9 Å². The van der Waals surface area contributed by atoms with Gasteiger partial charge in [-0.1, -0.05) is 47.6 Å². The first-order valence-corrected chi connectivity index (χ1v) is 10.5. The van der Waals surface area contributed by atoms with Crippen LogP contribution in [0.25, 0.3) is 22.2 Å². The van der Waals surface area contributed by atoms with Gasteiger partial charge in [0.1, 0.15) is 5.82 Å². The average molecular weight is 441 g/mol. The summed E-state index contributed by atoms with van der Waals surface area (Å²) in [5.74, 6) is -0.171. The predicted molar refractivity (Wildman–Crippen MR) is 119 cm³/mol. The van der Waals surface area contributed by atoms with Crippen molar-refractivity contribution in [1.82, 2.24) is 15.0 Å². The zero-order valence-electron chi connectivity index (χ0n) is 16.2. The molecule has 2 heterocycles. The van der Waals surface area contributed by atoms with Gasteiger partial charge < -0.3 is 10.3 Å². The fourth-order valence-electron chi connectivity index (χ4n) is 3.00. The van der Waals surface area contributed by atoms with E-state index in [1.54, 1.807) is 31.3 Å². The van der Waals surface area contributed by atoms with Gasteiger partial charge in [0.05, 0.1) is 21.3 Å². The number of rotatable bonds is 5. The summed E-state index contributed by atoms with van der Waals surface area (Å²) >= 11 is 7.45. The van der Waals surface area contributed by atoms with Gasteiger partial charge in [0.25, 0.3) is 0 Å². The molecule has 0 saturated carbocycles. The third-order valence-corrected chi connectivity index (χ3v) is 5.80. The Hall–Kier alpha value is -2.90. The highest BCUT2D eigenvalue weighted by Gasteiger charge is 2.19. The number of thioether (sulfide) groups is 1. The fourth-order valence-corrected chi connectivity index (χ4v) is 4.08. The van der Waals surface area contributed by atoms with Crippen LogP contribution in [0.1, 0.15) is 12.5 Å². The second-order valence-corrected chi connectivity index (χ2v) is 8.58. The molecule has 1 amide bonds. The Morgan fingerprint density at radius 1 is 1.23 bits per heavy atom. The number of H-pyrrole nitrogens is 1. The van der Waals surface area contributed by atoms with Gasteiger partial charge in [-0.15, -0.1) is 0 Å². The highest BCUT2D eigenvalue weighted by atomic mass is 35.5. The number of para-hydroxylation sites is 1. The minimum Gasteiger partial charge on any atom is -0.332 e. The molecule has 0 saturated heterocycles. The molecule has 0 aliphatic heterocycles. The Morgan fingerprint density at radius 2 is 2.00 bits per heavy atom. The van der Waals surface area contributed by atoms with Crippen LogP contribution in [0.5, 0.6) is 0 Å². The van der Waals surface area contributed by atoms with Gasteiger partial charge in [0.2, 0.25) is 5.91 Å². The van der Waals surface area contributed by atoms with E-state index in [0.717, 1.165) is 27.7 Å². The Labute approximate surface area is 182 Å². The molecule has 0 aliphatic rings.